The van der Waals surface area contributed by atoms with Crippen LogP contribution in [0.2, 0.25) is 6.04 Å². The standard InChI is InChI=1S/C25H44Si/c1-3-5-7-9-11-13-15-20-24-26(25-21-17-16-18-22-25)23-19-14-12-10-8-6-4-2/h16-19,21-23,26H,3-15,20,24H2,1-2H3. The van der Waals surface area contributed by atoms with E-state index in [0.717, 1.165) is 0 Å². The Labute approximate surface area is 166 Å². The first-order valence-corrected chi connectivity index (χ1v) is 13.7. The van der Waals surface area contributed by atoms with E-state index in [1.54, 1.807) is 5.19 Å². The van der Waals surface area contributed by atoms with Gasteiger partial charge in [-0.15, -0.1) is 0 Å². The molecule has 0 saturated carbocycles. The topological polar surface area (TPSA) is 0 Å². The van der Waals surface area contributed by atoms with E-state index in [4.69, 9.17) is 0 Å². The summed E-state index contributed by atoms with van der Waals surface area (Å²) in [5.74, 6) is 0. The van der Waals surface area contributed by atoms with Crippen LogP contribution in [0.3, 0.4) is 0 Å². The summed E-state index contributed by atoms with van der Waals surface area (Å²) in [6, 6.07) is 12.8. The molecule has 0 aliphatic carbocycles. The molecule has 0 heterocycles. The van der Waals surface area contributed by atoms with E-state index < -0.39 is 8.80 Å². The molecule has 148 valence electrons. The molecule has 0 N–H and O–H groups in total. The third kappa shape index (κ3) is 12.5. The minimum Gasteiger partial charge on any atom is -0.0968 e. The molecule has 0 fully saturated rings. The van der Waals surface area contributed by atoms with Gasteiger partial charge in [0.1, 0.15) is 0 Å². The van der Waals surface area contributed by atoms with Crippen LogP contribution < -0.4 is 5.19 Å². The van der Waals surface area contributed by atoms with Crippen molar-refractivity contribution in [1.82, 2.24) is 0 Å². The van der Waals surface area contributed by atoms with Gasteiger partial charge in [0, 0.05) is 0 Å². The van der Waals surface area contributed by atoms with E-state index in [9.17, 15) is 0 Å². The maximum Gasteiger partial charge on any atom is 0.0936 e. The number of rotatable bonds is 17. The Hall–Kier alpha value is -0.823. The Kier molecular flexibility index (Phi) is 15.7. The lowest BCUT2D eigenvalue weighted by Gasteiger charge is -2.12. The molecule has 1 aromatic rings. The van der Waals surface area contributed by atoms with E-state index in [2.05, 4.69) is 56.0 Å². The summed E-state index contributed by atoms with van der Waals surface area (Å²) in [4.78, 5) is 0. The summed E-state index contributed by atoms with van der Waals surface area (Å²) in [5, 5.41) is 1.64. The van der Waals surface area contributed by atoms with Crippen molar-refractivity contribution in [2.75, 3.05) is 0 Å². The lowest BCUT2D eigenvalue weighted by atomic mass is 10.1. The molecule has 0 aliphatic heterocycles. The molecule has 0 radical (unpaired) electrons. The number of benzene rings is 1. The summed E-state index contributed by atoms with van der Waals surface area (Å²) >= 11 is 0. The predicted octanol–water partition coefficient (Wildman–Crippen LogP) is 7.72. The fourth-order valence-corrected chi connectivity index (χ4v) is 6.41. The van der Waals surface area contributed by atoms with E-state index in [-0.39, 0.29) is 0 Å². The van der Waals surface area contributed by atoms with Crippen LogP contribution in [-0.2, 0) is 0 Å². The maximum atomic E-state index is 2.64. The van der Waals surface area contributed by atoms with Gasteiger partial charge in [-0.1, -0.05) is 144 Å². The van der Waals surface area contributed by atoms with Crippen LogP contribution in [0.5, 0.6) is 0 Å². The second-order valence-electron chi connectivity index (χ2n) is 7.91. The van der Waals surface area contributed by atoms with Gasteiger partial charge in [0.15, 0.2) is 0 Å². The first-order chi connectivity index (χ1) is 12.9. The van der Waals surface area contributed by atoms with Gasteiger partial charge in [0.2, 0.25) is 0 Å². The summed E-state index contributed by atoms with van der Waals surface area (Å²) in [5.41, 5.74) is 2.64. The SMILES string of the molecule is CCCCCCCC=C[SiH](CCCCCCCCCC)c1ccccc1. The number of hydrogen-bond acceptors (Lipinski definition) is 0. The van der Waals surface area contributed by atoms with Gasteiger partial charge in [0.05, 0.1) is 8.80 Å². The first kappa shape index (κ1) is 23.2. The zero-order chi connectivity index (χ0) is 18.7. The van der Waals surface area contributed by atoms with Crippen LogP contribution in [-0.4, -0.2) is 8.80 Å². The molecule has 0 saturated heterocycles. The van der Waals surface area contributed by atoms with E-state index in [0.29, 0.717) is 0 Å². The van der Waals surface area contributed by atoms with Crippen molar-refractivity contribution >= 4 is 14.0 Å². The normalized spacial score (nSPS) is 12.7. The third-order valence-corrected chi connectivity index (χ3v) is 8.45. The zero-order valence-electron chi connectivity index (χ0n) is 17.7. The molecule has 0 amide bonds. The molecule has 1 atom stereocenters. The molecule has 1 unspecified atom stereocenters. The molecule has 0 aromatic heterocycles. The van der Waals surface area contributed by atoms with Crippen LogP contribution in [0, 0.1) is 0 Å². The average Bonchev–Trinajstić information content (AvgIpc) is 2.68. The molecule has 1 aromatic carbocycles. The van der Waals surface area contributed by atoms with E-state index in [1.165, 1.54) is 95.9 Å². The van der Waals surface area contributed by atoms with Gasteiger partial charge in [-0.05, 0) is 12.8 Å². The smallest absolute Gasteiger partial charge is 0.0936 e. The fraction of sp³-hybridized carbons (Fsp3) is 0.680. The highest BCUT2D eigenvalue weighted by atomic mass is 28.3. The van der Waals surface area contributed by atoms with Crippen molar-refractivity contribution in [3.8, 4) is 0 Å². The van der Waals surface area contributed by atoms with Crippen LogP contribution in [0.15, 0.2) is 42.1 Å². The third-order valence-electron chi connectivity index (χ3n) is 5.44. The largest absolute Gasteiger partial charge is 0.0968 e. The van der Waals surface area contributed by atoms with Crippen LogP contribution in [0.4, 0.5) is 0 Å². The maximum absolute atomic E-state index is 2.64. The minimum atomic E-state index is -0.907. The first-order valence-electron chi connectivity index (χ1n) is 11.6. The molecule has 0 bridgehead atoms. The molecule has 1 heteroatoms. The van der Waals surface area contributed by atoms with Crippen molar-refractivity contribution in [3.63, 3.8) is 0 Å². The molecule has 26 heavy (non-hydrogen) atoms. The van der Waals surface area contributed by atoms with Gasteiger partial charge in [-0.3, -0.25) is 0 Å². The highest BCUT2D eigenvalue weighted by Crippen LogP contribution is 2.12. The summed E-state index contributed by atoms with van der Waals surface area (Å²) in [6.07, 6.45) is 22.2. The Morgan fingerprint density at radius 1 is 0.654 bits per heavy atom. The molecule has 0 spiro atoms. The Balaban J connectivity index is 2.27. The molecule has 1 rings (SSSR count). The molecule has 0 nitrogen and oxygen atoms in total. The van der Waals surface area contributed by atoms with Crippen molar-refractivity contribution < 1.29 is 0 Å². The molecular weight excluding hydrogens is 328 g/mol. The van der Waals surface area contributed by atoms with Gasteiger partial charge in [0.25, 0.3) is 0 Å². The highest BCUT2D eigenvalue weighted by Gasteiger charge is 2.09. The zero-order valence-corrected chi connectivity index (χ0v) is 18.9. The quantitative estimate of drug-likeness (QED) is 0.194. The number of hydrogen-bond donors (Lipinski definition) is 0. The second-order valence-corrected chi connectivity index (χ2v) is 10.8. The highest BCUT2D eigenvalue weighted by molar-refractivity contribution is 6.77. The van der Waals surface area contributed by atoms with Gasteiger partial charge >= 0.3 is 0 Å². The van der Waals surface area contributed by atoms with Crippen molar-refractivity contribution in [2.45, 2.75) is 110 Å². The van der Waals surface area contributed by atoms with Gasteiger partial charge in [-0.25, -0.2) is 0 Å². The van der Waals surface area contributed by atoms with Crippen molar-refractivity contribution in [2.24, 2.45) is 0 Å². The Bertz CT molecular complexity index is 423. The number of unbranched alkanes of at least 4 members (excludes halogenated alkanes) is 12. The lowest BCUT2D eigenvalue weighted by molar-refractivity contribution is 0.584. The van der Waals surface area contributed by atoms with Crippen molar-refractivity contribution in [1.29, 1.82) is 0 Å². The number of allylic oxidation sites excluding steroid dienone is 1. The molecular formula is C25H44Si. The van der Waals surface area contributed by atoms with Gasteiger partial charge in [-0.2, -0.15) is 0 Å². The van der Waals surface area contributed by atoms with Crippen LogP contribution >= 0.6 is 0 Å². The lowest BCUT2D eigenvalue weighted by Crippen LogP contribution is -2.27. The summed E-state index contributed by atoms with van der Waals surface area (Å²) < 4.78 is 0. The van der Waals surface area contributed by atoms with E-state index in [1.807, 2.05) is 0 Å². The Morgan fingerprint density at radius 3 is 1.81 bits per heavy atom. The molecule has 0 aliphatic rings. The van der Waals surface area contributed by atoms with Crippen LogP contribution in [0.1, 0.15) is 104 Å². The second kappa shape index (κ2) is 17.6. The van der Waals surface area contributed by atoms with E-state index >= 15 is 0 Å². The Morgan fingerprint density at radius 2 is 1.19 bits per heavy atom. The summed E-state index contributed by atoms with van der Waals surface area (Å²) in [6.45, 7) is 4.59. The fourth-order valence-electron chi connectivity index (χ4n) is 3.70. The minimum absolute atomic E-state index is 0.907. The van der Waals surface area contributed by atoms with Crippen molar-refractivity contribution in [3.05, 3.63) is 42.1 Å². The van der Waals surface area contributed by atoms with Crippen LogP contribution in [0.25, 0.3) is 0 Å². The predicted molar refractivity (Wildman–Crippen MR) is 123 cm³/mol. The monoisotopic (exact) mass is 372 g/mol. The van der Waals surface area contributed by atoms with Gasteiger partial charge < -0.3 is 0 Å². The average molecular weight is 373 g/mol. The summed E-state index contributed by atoms with van der Waals surface area (Å²) in [7, 11) is -0.907.